The van der Waals surface area contributed by atoms with E-state index in [9.17, 15) is 0 Å². The Kier molecular flexibility index (Phi) is 8.87. The second-order valence-electron chi connectivity index (χ2n) is 15.3. The molecule has 1 heterocycles. The van der Waals surface area contributed by atoms with Gasteiger partial charge in [0.05, 0.1) is 5.69 Å². The van der Waals surface area contributed by atoms with Gasteiger partial charge in [-0.25, -0.2) is 0 Å². The molecule has 60 heavy (non-hydrogen) atoms. The summed E-state index contributed by atoms with van der Waals surface area (Å²) in [5.74, 6) is 0. The molecule has 0 fully saturated rings. The van der Waals surface area contributed by atoms with Crippen LogP contribution in [0.5, 0.6) is 0 Å². The average Bonchev–Trinajstić information content (AvgIpc) is 3.72. The van der Waals surface area contributed by atoms with Crippen LogP contribution in [0.25, 0.3) is 88.3 Å². The van der Waals surface area contributed by atoms with Crippen molar-refractivity contribution in [1.82, 2.24) is 0 Å². The minimum Gasteiger partial charge on any atom is -0.455 e. The fraction of sp³-hybridized carbons (Fsp3) is 0. The zero-order valence-corrected chi connectivity index (χ0v) is 32.9. The van der Waals surface area contributed by atoms with Gasteiger partial charge in [-0.1, -0.05) is 200 Å². The van der Waals surface area contributed by atoms with E-state index in [1.807, 2.05) is 0 Å². The molecule has 0 aliphatic carbocycles. The maximum absolute atomic E-state index is 6.83. The topological polar surface area (TPSA) is 16.4 Å². The molecule has 11 aromatic rings. The van der Waals surface area contributed by atoms with Crippen molar-refractivity contribution in [3.05, 3.63) is 237 Å². The van der Waals surface area contributed by atoms with Crippen molar-refractivity contribution in [2.45, 2.75) is 0 Å². The second kappa shape index (κ2) is 15.1. The van der Waals surface area contributed by atoms with Gasteiger partial charge in [-0.3, -0.25) is 0 Å². The molecule has 0 saturated carbocycles. The molecule has 0 unspecified atom stereocenters. The first-order valence-electron chi connectivity index (χ1n) is 20.5. The number of nitrogens with zero attached hydrogens (tertiary/aromatic N) is 1. The maximum atomic E-state index is 6.83. The smallest absolute Gasteiger partial charge is 0.143 e. The summed E-state index contributed by atoms with van der Waals surface area (Å²) in [5, 5.41) is 4.38. The molecular formula is C58H39NO. The molecule has 0 saturated heterocycles. The van der Waals surface area contributed by atoms with E-state index in [4.69, 9.17) is 4.42 Å². The first-order valence-corrected chi connectivity index (χ1v) is 20.5. The fourth-order valence-electron chi connectivity index (χ4n) is 8.70. The average molecular weight is 766 g/mol. The van der Waals surface area contributed by atoms with Crippen LogP contribution in [0.3, 0.4) is 0 Å². The lowest BCUT2D eigenvalue weighted by molar-refractivity contribution is 0.673. The van der Waals surface area contributed by atoms with E-state index in [0.717, 1.165) is 66.5 Å². The van der Waals surface area contributed by atoms with Crippen molar-refractivity contribution in [3.63, 3.8) is 0 Å². The highest BCUT2D eigenvalue weighted by Gasteiger charge is 2.22. The number of benzene rings is 10. The predicted octanol–water partition coefficient (Wildman–Crippen LogP) is 16.5. The summed E-state index contributed by atoms with van der Waals surface area (Å²) in [7, 11) is 0. The molecule has 1 aromatic heterocycles. The Hall–Kier alpha value is -7.94. The molecule has 0 aliphatic heterocycles. The molecule has 2 heteroatoms. The van der Waals surface area contributed by atoms with E-state index < -0.39 is 0 Å². The summed E-state index contributed by atoms with van der Waals surface area (Å²) in [6.07, 6.45) is 0. The first kappa shape index (κ1) is 35.2. The minimum atomic E-state index is 0.872. The third kappa shape index (κ3) is 6.41. The van der Waals surface area contributed by atoms with Gasteiger partial charge < -0.3 is 9.32 Å². The third-order valence-electron chi connectivity index (χ3n) is 11.7. The van der Waals surface area contributed by atoms with Crippen LogP contribution >= 0.6 is 0 Å². The number of hydrogen-bond acceptors (Lipinski definition) is 2. The molecule has 10 aromatic carbocycles. The van der Waals surface area contributed by atoms with Crippen molar-refractivity contribution >= 4 is 49.8 Å². The number of rotatable bonds is 8. The van der Waals surface area contributed by atoms with Gasteiger partial charge in [-0.05, 0) is 92.0 Å². The van der Waals surface area contributed by atoms with Gasteiger partial charge in [0.1, 0.15) is 11.2 Å². The SMILES string of the molecule is c1ccc(-c2ccc(-c3ccc(N(c4cccc(-c5ccccc5)c4)c4cc5c(oc6cccc(-c7ccc(-c8ccccc8)cc7)c65)c5ccccc45)cc3)cc2)cc1. The van der Waals surface area contributed by atoms with Crippen molar-refractivity contribution in [2.75, 3.05) is 4.90 Å². The lowest BCUT2D eigenvalue weighted by atomic mass is 9.95. The van der Waals surface area contributed by atoms with Crippen molar-refractivity contribution in [2.24, 2.45) is 0 Å². The zero-order valence-electron chi connectivity index (χ0n) is 32.9. The number of hydrogen-bond donors (Lipinski definition) is 0. The Balaban J connectivity index is 1.08. The van der Waals surface area contributed by atoms with Gasteiger partial charge in [0, 0.05) is 32.9 Å². The highest BCUT2D eigenvalue weighted by Crippen LogP contribution is 2.47. The normalized spacial score (nSPS) is 11.3. The first-order chi connectivity index (χ1) is 29.7. The fourth-order valence-corrected chi connectivity index (χ4v) is 8.70. The van der Waals surface area contributed by atoms with Gasteiger partial charge in [-0.2, -0.15) is 0 Å². The number of fused-ring (bicyclic) bond motifs is 5. The second-order valence-corrected chi connectivity index (χ2v) is 15.3. The van der Waals surface area contributed by atoms with Gasteiger partial charge >= 0.3 is 0 Å². The van der Waals surface area contributed by atoms with Gasteiger partial charge in [-0.15, -0.1) is 0 Å². The molecule has 0 amide bonds. The van der Waals surface area contributed by atoms with Crippen LogP contribution in [0.15, 0.2) is 241 Å². The summed E-state index contributed by atoms with van der Waals surface area (Å²) >= 11 is 0. The Bertz CT molecular complexity index is 3260. The van der Waals surface area contributed by atoms with E-state index >= 15 is 0 Å². The van der Waals surface area contributed by atoms with Crippen molar-refractivity contribution in [3.8, 4) is 55.6 Å². The maximum Gasteiger partial charge on any atom is 0.143 e. The highest BCUT2D eigenvalue weighted by molar-refractivity contribution is 6.22. The predicted molar refractivity (Wildman–Crippen MR) is 253 cm³/mol. The van der Waals surface area contributed by atoms with E-state index in [1.165, 1.54) is 38.9 Å². The van der Waals surface area contributed by atoms with Crippen molar-refractivity contribution in [1.29, 1.82) is 0 Å². The van der Waals surface area contributed by atoms with Gasteiger partial charge in [0.2, 0.25) is 0 Å². The molecule has 0 N–H and O–H groups in total. The van der Waals surface area contributed by atoms with Gasteiger partial charge in [0.15, 0.2) is 0 Å². The minimum absolute atomic E-state index is 0.872. The summed E-state index contributed by atoms with van der Waals surface area (Å²) < 4.78 is 6.83. The number of anilines is 3. The molecule has 0 radical (unpaired) electrons. The van der Waals surface area contributed by atoms with E-state index in [1.54, 1.807) is 0 Å². The van der Waals surface area contributed by atoms with Crippen LogP contribution in [-0.4, -0.2) is 0 Å². The van der Waals surface area contributed by atoms with Crippen LogP contribution in [0.4, 0.5) is 17.1 Å². The summed E-state index contributed by atoms with van der Waals surface area (Å²) in [6.45, 7) is 0. The molecule has 0 spiro atoms. The molecule has 0 aliphatic rings. The van der Waals surface area contributed by atoms with Gasteiger partial charge in [0.25, 0.3) is 0 Å². The summed E-state index contributed by atoms with van der Waals surface area (Å²) in [4.78, 5) is 2.41. The lowest BCUT2D eigenvalue weighted by Gasteiger charge is -2.28. The largest absolute Gasteiger partial charge is 0.455 e. The van der Waals surface area contributed by atoms with Crippen LogP contribution in [0.1, 0.15) is 0 Å². The Morgan fingerprint density at radius 3 is 1.32 bits per heavy atom. The van der Waals surface area contributed by atoms with E-state index in [-0.39, 0.29) is 0 Å². The Morgan fingerprint density at radius 1 is 0.283 bits per heavy atom. The van der Waals surface area contributed by atoms with Crippen LogP contribution in [0.2, 0.25) is 0 Å². The molecule has 282 valence electrons. The molecule has 0 atom stereocenters. The third-order valence-corrected chi connectivity index (χ3v) is 11.7. The van der Waals surface area contributed by atoms with E-state index in [2.05, 4.69) is 241 Å². The quantitative estimate of drug-likeness (QED) is 0.153. The summed E-state index contributed by atoms with van der Waals surface area (Å²) in [5.41, 5.74) is 16.8. The Morgan fingerprint density at radius 2 is 0.733 bits per heavy atom. The monoisotopic (exact) mass is 765 g/mol. The molecule has 2 nitrogen and oxygen atoms in total. The van der Waals surface area contributed by atoms with Crippen LogP contribution in [-0.2, 0) is 0 Å². The summed E-state index contributed by atoms with van der Waals surface area (Å²) in [6, 6.07) is 84.7. The molecular weight excluding hydrogens is 727 g/mol. The molecule has 0 bridgehead atoms. The lowest BCUT2D eigenvalue weighted by Crippen LogP contribution is -2.10. The number of furan rings is 1. The standard InChI is InChI=1S/C58H39NO/c1-4-14-40(15-5-1)43-26-28-45(29-27-43)46-34-36-49(37-35-46)59(50-21-12-20-48(38-50)42-18-8-3-9-19-42)55-39-54-57-51(47-32-30-44(31-33-47)41-16-6-2-7-17-41)24-13-25-56(57)60-58(54)53-23-11-10-22-52(53)55/h1-39H. The molecule has 11 rings (SSSR count). The van der Waals surface area contributed by atoms with Crippen LogP contribution < -0.4 is 4.90 Å². The Labute approximate surface area is 349 Å². The van der Waals surface area contributed by atoms with E-state index in [0.29, 0.717) is 0 Å². The highest BCUT2D eigenvalue weighted by atomic mass is 16.3. The van der Waals surface area contributed by atoms with Crippen LogP contribution in [0, 0.1) is 0 Å². The van der Waals surface area contributed by atoms with Crippen molar-refractivity contribution < 1.29 is 4.42 Å². The zero-order chi connectivity index (χ0) is 39.8.